The summed E-state index contributed by atoms with van der Waals surface area (Å²) in [4.78, 5) is 71.9. The van der Waals surface area contributed by atoms with E-state index in [2.05, 4.69) is 12.2 Å². The summed E-state index contributed by atoms with van der Waals surface area (Å²) in [7, 11) is 6.15. The third kappa shape index (κ3) is 13.0. The van der Waals surface area contributed by atoms with E-state index in [0.29, 0.717) is 58.9 Å². The first-order valence-electron chi connectivity index (χ1n) is 21.7. The number of ether oxygens (including phenoxy) is 3. The first-order chi connectivity index (χ1) is 29.4. The van der Waals surface area contributed by atoms with Gasteiger partial charge in [-0.3, -0.25) is 24.0 Å². The molecule has 2 amide bonds. The lowest BCUT2D eigenvalue weighted by molar-refractivity contribution is -0.142. The molecule has 1 heterocycles. The second-order valence-corrected chi connectivity index (χ2v) is 16.1. The van der Waals surface area contributed by atoms with Gasteiger partial charge in [0.05, 0.1) is 39.0 Å². The van der Waals surface area contributed by atoms with Crippen molar-refractivity contribution in [1.82, 2.24) is 10.2 Å². The highest BCUT2D eigenvalue weighted by atomic mass is 16.5. The second kappa shape index (κ2) is 24.0. The van der Waals surface area contributed by atoms with Crippen molar-refractivity contribution >= 4 is 29.2 Å². The number of carbonyl (C=O) groups is 5. The molecule has 0 saturated heterocycles. The van der Waals surface area contributed by atoms with E-state index in [1.165, 1.54) is 51.9 Å². The number of likely N-dealkylation sites (N-methyl/N-ethyl adjacent to an activating group) is 1. The molecule has 0 unspecified atom stereocenters. The molecule has 328 valence electrons. The molecule has 0 aromatic heterocycles. The van der Waals surface area contributed by atoms with Gasteiger partial charge in [0, 0.05) is 55.7 Å². The number of aryl methyl sites for hydroxylation is 1. The highest BCUT2D eigenvalue weighted by Gasteiger charge is 2.36. The third-order valence-corrected chi connectivity index (χ3v) is 11.6. The first-order valence-corrected chi connectivity index (χ1v) is 21.7. The minimum atomic E-state index is -1.16. The number of fused-ring (bicyclic) bond motifs is 5. The first kappa shape index (κ1) is 48.1. The summed E-state index contributed by atoms with van der Waals surface area (Å²) in [5, 5.41) is 12.0. The van der Waals surface area contributed by atoms with E-state index in [0.717, 1.165) is 30.4 Å². The standard InChI is InChI=1S/C49H64N4O8/c1-7-8-9-10-11-12-15-33-18-21-37(46(29-33)61-6)42(55)31-36(16-13-24-50)49(58)53(3)47-35-20-23-45(60-5)39(30-35)38-27-34(19-22-44(38)59-4)28-40(41(54)17-14-25-51)52-48(57)32(2)26-43(47)56/h18-23,27,29-30,32,36,40,47H,7-17,24,26,28,31,50H2,1-6H3,(H,52,57)/t32-,36-,40+,47+/m1/s1. The Morgan fingerprint density at radius 1 is 0.869 bits per heavy atom. The summed E-state index contributed by atoms with van der Waals surface area (Å²) in [5.74, 6) is -2.15. The van der Waals surface area contributed by atoms with Gasteiger partial charge in [-0.25, -0.2) is 0 Å². The molecule has 0 fully saturated rings. The monoisotopic (exact) mass is 836 g/mol. The number of nitrogens with two attached hydrogens (primary N) is 1. The van der Waals surface area contributed by atoms with E-state index < -0.39 is 41.5 Å². The maximum Gasteiger partial charge on any atom is 0.226 e. The maximum atomic E-state index is 14.7. The molecule has 3 aromatic carbocycles. The zero-order valence-corrected chi connectivity index (χ0v) is 36.8. The molecule has 0 saturated carbocycles. The summed E-state index contributed by atoms with van der Waals surface area (Å²) in [6.45, 7) is 4.11. The Labute approximate surface area is 361 Å². The summed E-state index contributed by atoms with van der Waals surface area (Å²) in [6, 6.07) is 16.2. The van der Waals surface area contributed by atoms with Gasteiger partial charge >= 0.3 is 0 Å². The Bertz CT molecular complexity index is 2040. The fourth-order valence-corrected chi connectivity index (χ4v) is 8.14. The number of nitriles is 1. The molecule has 1 aliphatic heterocycles. The summed E-state index contributed by atoms with van der Waals surface area (Å²) in [6.07, 6.45) is 8.43. The Morgan fingerprint density at radius 3 is 2.21 bits per heavy atom. The normalized spacial score (nSPS) is 17.0. The van der Waals surface area contributed by atoms with Gasteiger partial charge in [0.15, 0.2) is 17.3 Å². The Kier molecular flexibility index (Phi) is 19.0. The number of rotatable bonds is 21. The van der Waals surface area contributed by atoms with Gasteiger partial charge in [0.1, 0.15) is 23.3 Å². The SMILES string of the molecule is CCCCCCCCc1ccc(C(=O)C[C@@H](CCCN)C(=O)N(C)[C@@H]2C(=O)C[C@@H](C)C(=O)N[C@H](C(=O)CCC#N)Cc3ccc(OC)c(c3)-c3cc2ccc3OC)c(OC)c1. The number of unbranched alkanes of at least 4 members (excludes halogenated alkanes) is 5. The maximum absolute atomic E-state index is 14.7. The topological polar surface area (TPSA) is 178 Å². The van der Waals surface area contributed by atoms with Crippen LogP contribution in [0.3, 0.4) is 0 Å². The lowest BCUT2D eigenvalue weighted by Crippen LogP contribution is -2.45. The number of hydrogen-bond acceptors (Lipinski definition) is 10. The molecule has 12 heteroatoms. The van der Waals surface area contributed by atoms with Gasteiger partial charge in [0.25, 0.3) is 0 Å². The number of nitrogens with one attached hydrogen (secondary N) is 1. The smallest absolute Gasteiger partial charge is 0.226 e. The van der Waals surface area contributed by atoms with Crippen molar-refractivity contribution in [3.63, 3.8) is 0 Å². The molecule has 61 heavy (non-hydrogen) atoms. The van der Waals surface area contributed by atoms with E-state index in [1.807, 2.05) is 30.3 Å². The predicted octanol–water partition coefficient (Wildman–Crippen LogP) is 7.92. The van der Waals surface area contributed by atoms with Crippen LogP contribution >= 0.6 is 0 Å². The van der Waals surface area contributed by atoms with Crippen LogP contribution in [0.2, 0.25) is 0 Å². The van der Waals surface area contributed by atoms with Crippen LogP contribution in [0.25, 0.3) is 11.1 Å². The van der Waals surface area contributed by atoms with Gasteiger partial charge in [0.2, 0.25) is 11.8 Å². The van der Waals surface area contributed by atoms with E-state index in [9.17, 15) is 29.2 Å². The Balaban J connectivity index is 1.73. The summed E-state index contributed by atoms with van der Waals surface area (Å²) >= 11 is 0. The molecule has 12 nitrogen and oxygen atoms in total. The number of Topliss-reactive ketones (excluding diaryl/α,β-unsaturated/α-hetero) is 3. The fraction of sp³-hybridized carbons (Fsp3) is 0.510. The predicted molar refractivity (Wildman–Crippen MR) is 236 cm³/mol. The number of carbonyl (C=O) groups excluding carboxylic acids is 5. The Morgan fingerprint density at radius 2 is 1.54 bits per heavy atom. The number of ketones is 3. The van der Waals surface area contributed by atoms with Crippen molar-refractivity contribution in [3.05, 3.63) is 76.9 Å². The van der Waals surface area contributed by atoms with Gasteiger partial charge in [-0.2, -0.15) is 5.26 Å². The molecule has 4 rings (SSSR count). The Hall–Kier alpha value is -5.54. The zero-order valence-electron chi connectivity index (χ0n) is 36.8. The molecular weight excluding hydrogens is 773 g/mol. The minimum absolute atomic E-state index is 0.00383. The number of nitrogens with zero attached hydrogens (tertiary/aromatic N) is 2. The highest BCUT2D eigenvalue weighted by molar-refractivity contribution is 6.02. The minimum Gasteiger partial charge on any atom is -0.496 e. The van der Waals surface area contributed by atoms with Crippen LogP contribution < -0.4 is 25.3 Å². The van der Waals surface area contributed by atoms with E-state index in [-0.39, 0.29) is 43.7 Å². The van der Waals surface area contributed by atoms with Crippen LogP contribution in [0.1, 0.15) is 124 Å². The molecule has 0 spiro atoms. The van der Waals surface area contributed by atoms with Crippen molar-refractivity contribution in [1.29, 1.82) is 5.26 Å². The number of benzene rings is 3. The largest absolute Gasteiger partial charge is 0.496 e. The molecule has 3 aromatic rings. The molecular formula is C49H64N4O8. The zero-order chi connectivity index (χ0) is 44.5. The number of hydrogen-bond donors (Lipinski definition) is 2. The molecule has 4 bridgehead atoms. The molecule has 4 atom stereocenters. The van der Waals surface area contributed by atoms with Crippen LogP contribution in [0, 0.1) is 23.2 Å². The van der Waals surface area contributed by atoms with Crippen LogP contribution in [-0.2, 0) is 32.0 Å². The van der Waals surface area contributed by atoms with E-state index >= 15 is 0 Å². The van der Waals surface area contributed by atoms with Gasteiger partial charge in [-0.1, -0.05) is 64.2 Å². The van der Waals surface area contributed by atoms with E-state index in [4.69, 9.17) is 19.9 Å². The third-order valence-electron chi connectivity index (χ3n) is 11.6. The van der Waals surface area contributed by atoms with Crippen LogP contribution in [-0.4, -0.2) is 75.0 Å². The fourth-order valence-electron chi connectivity index (χ4n) is 8.14. The molecule has 0 aliphatic carbocycles. The quantitative estimate of drug-likeness (QED) is 0.0791. The molecule has 0 radical (unpaired) electrons. The molecule has 3 N–H and O–H groups in total. The lowest BCUT2D eigenvalue weighted by atomic mass is 9.87. The van der Waals surface area contributed by atoms with Crippen LogP contribution in [0.4, 0.5) is 0 Å². The number of methoxy groups -OCH3 is 3. The van der Waals surface area contributed by atoms with Crippen molar-refractivity contribution in [2.75, 3.05) is 34.9 Å². The number of amides is 2. The van der Waals surface area contributed by atoms with Crippen LogP contribution in [0.5, 0.6) is 17.2 Å². The van der Waals surface area contributed by atoms with Gasteiger partial charge < -0.3 is 30.2 Å². The lowest BCUT2D eigenvalue weighted by Gasteiger charge is -2.32. The summed E-state index contributed by atoms with van der Waals surface area (Å²) in [5.41, 5.74) is 9.80. The van der Waals surface area contributed by atoms with Crippen LogP contribution in [0.15, 0.2) is 54.6 Å². The van der Waals surface area contributed by atoms with Gasteiger partial charge in [-0.15, -0.1) is 0 Å². The average molecular weight is 837 g/mol. The molecule has 1 aliphatic rings. The van der Waals surface area contributed by atoms with Crippen molar-refractivity contribution in [2.45, 2.75) is 116 Å². The summed E-state index contributed by atoms with van der Waals surface area (Å²) < 4.78 is 17.3. The second-order valence-electron chi connectivity index (χ2n) is 16.1. The van der Waals surface area contributed by atoms with Gasteiger partial charge in [-0.05, 0) is 91.7 Å². The highest BCUT2D eigenvalue weighted by Crippen LogP contribution is 2.40. The van der Waals surface area contributed by atoms with Crippen molar-refractivity contribution in [2.24, 2.45) is 17.6 Å². The van der Waals surface area contributed by atoms with E-state index in [1.54, 1.807) is 44.3 Å². The average Bonchev–Trinajstić information content (AvgIpc) is 3.26. The van der Waals surface area contributed by atoms with Crippen molar-refractivity contribution in [3.8, 4) is 34.4 Å². The van der Waals surface area contributed by atoms with Crippen molar-refractivity contribution < 1.29 is 38.2 Å².